The Labute approximate surface area is 173 Å². The molecule has 0 aromatic heterocycles. The second-order valence-electron chi connectivity index (χ2n) is 6.29. The highest BCUT2D eigenvalue weighted by Gasteiger charge is 2.20. The Hall–Kier alpha value is -3.57. The molecule has 9 heteroatoms. The van der Waals surface area contributed by atoms with Crippen LogP contribution in [0.4, 0.5) is 21.9 Å². The van der Waals surface area contributed by atoms with Crippen LogP contribution in [-0.2, 0) is 4.79 Å². The molecular weight excluding hydrogens is 392 g/mol. The van der Waals surface area contributed by atoms with E-state index < -0.39 is 6.03 Å². The smallest absolute Gasteiger partial charge is 0.319 e. The van der Waals surface area contributed by atoms with E-state index in [4.69, 9.17) is 16.9 Å². The summed E-state index contributed by atoms with van der Waals surface area (Å²) < 4.78 is 0. The minimum Gasteiger partial charge on any atom is -0.329 e. The van der Waals surface area contributed by atoms with E-state index in [2.05, 4.69) is 20.9 Å². The van der Waals surface area contributed by atoms with Gasteiger partial charge in [-0.3, -0.25) is 4.79 Å². The van der Waals surface area contributed by atoms with Gasteiger partial charge in [0.05, 0.1) is 6.54 Å². The Morgan fingerprint density at radius 2 is 1.72 bits per heavy atom. The molecule has 3 N–H and O–H groups in total. The van der Waals surface area contributed by atoms with Crippen LogP contribution in [0.3, 0.4) is 0 Å². The zero-order valence-electron chi connectivity index (χ0n) is 15.5. The predicted octanol–water partition coefficient (Wildman–Crippen LogP) is 3.58. The van der Waals surface area contributed by atoms with Crippen LogP contribution in [-0.4, -0.2) is 30.9 Å². The van der Waals surface area contributed by atoms with Gasteiger partial charge >= 0.3 is 6.03 Å². The molecule has 3 rings (SSSR count). The molecule has 0 unspecified atom stereocenters. The summed E-state index contributed by atoms with van der Waals surface area (Å²) in [6.45, 7) is 0.630. The zero-order valence-corrected chi connectivity index (χ0v) is 16.2. The van der Waals surface area contributed by atoms with Crippen molar-refractivity contribution in [1.29, 1.82) is 5.26 Å². The highest BCUT2D eigenvalue weighted by molar-refractivity contribution is 6.30. The van der Waals surface area contributed by atoms with Crippen molar-refractivity contribution < 1.29 is 9.59 Å². The summed E-state index contributed by atoms with van der Waals surface area (Å²) in [5.74, 6) is 0.400. The van der Waals surface area contributed by atoms with Gasteiger partial charge in [0.2, 0.25) is 12.1 Å². The van der Waals surface area contributed by atoms with Crippen molar-refractivity contribution in [2.45, 2.75) is 12.8 Å². The first-order valence-electron chi connectivity index (χ1n) is 8.98. The fraction of sp³-hybridized carbons (Fsp3) is 0.200. The van der Waals surface area contributed by atoms with Gasteiger partial charge in [0, 0.05) is 35.1 Å². The standard InChI is InChI=1S/C20H19ClN6O2/c21-14-3-5-16(6-4-14)26-20(29)23-12-19(28)25-15-7-9-17(10-8-15)27-11-1-2-18(27)24-13-22/h3-10H,1-2,11-12H2,(H,25,28)(H2,23,26,29). The van der Waals surface area contributed by atoms with E-state index in [0.717, 1.165) is 30.9 Å². The van der Waals surface area contributed by atoms with Gasteiger partial charge in [0.25, 0.3) is 0 Å². The number of halogens is 1. The molecule has 2 aromatic carbocycles. The van der Waals surface area contributed by atoms with Crippen molar-refractivity contribution in [2.75, 3.05) is 28.6 Å². The molecule has 148 valence electrons. The van der Waals surface area contributed by atoms with Crippen LogP contribution in [0.1, 0.15) is 12.8 Å². The molecule has 1 aliphatic heterocycles. The van der Waals surface area contributed by atoms with Crippen molar-refractivity contribution in [3.8, 4) is 6.19 Å². The van der Waals surface area contributed by atoms with E-state index in [9.17, 15) is 9.59 Å². The largest absolute Gasteiger partial charge is 0.329 e. The lowest BCUT2D eigenvalue weighted by Crippen LogP contribution is -2.35. The number of carbonyl (C=O) groups excluding carboxylic acids is 2. The lowest BCUT2D eigenvalue weighted by Gasteiger charge is -2.18. The summed E-state index contributed by atoms with van der Waals surface area (Å²) in [5.41, 5.74) is 2.09. The minimum absolute atomic E-state index is 0.174. The average Bonchev–Trinajstić information content (AvgIpc) is 3.17. The van der Waals surface area contributed by atoms with E-state index in [1.54, 1.807) is 36.4 Å². The number of benzene rings is 2. The van der Waals surface area contributed by atoms with E-state index in [-0.39, 0.29) is 12.5 Å². The van der Waals surface area contributed by atoms with Crippen LogP contribution in [0, 0.1) is 11.5 Å². The molecule has 1 fully saturated rings. The van der Waals surface area contributed by atoms with Crippen LogP contribution in [0.25, 0.3) is 0 Å². The van der Waals surface area contributed by atoms with Crippen molar-refractivity contribution in [3.63, 3.8) is 0 Å². The minimum atomic E-state index is -0.490. The Balaban J connectivity index is 1.48. The summed E-state index contributed by atoms with van der Waals surface area (Å²) in [7, 11) is 0. The molecule has 0 bridgehead atoms. The third kappa shape index (κ3) is 5.70. The highest BCUT2D eigenvalue weighted by atomic mass is 35.5. The highest BCUT2D eigenvalue weighted by Crippen LogP contribution is 2.23. The summed E-state index contributed by atoms with van der Waals surface area (Å²) >= 11 is 5.79. The molecule has 8 nitrogen and oxygen atoms in total. The van der Waals surface area contributed by atoms with Crippen LogP contribution in [0.5, 0.6) is 0 Å². The third-order valence-electron chi connectivity index (χ3n) is 4.25. The number of nitriles is 1. The lowest BCUT2D eigenvalue weighted by atomic mass is 10.2. The van der Waals surface area contributed by atoms with Gasteiger partial charge in [-0.2, -0.15) is 10.3 Å². The van der Waals surface area contributed by atoms with E-state index in [1.165, 1.54) is 0 Å². The molecular formula is C20H19ClN6O2. The Morgan fingerprint density at radius 3 is 2.41 bits per heavy atom. The number of rotatable bonds is 5. The van der Waals surface area contributed by atoms with Crippen molar-refractivity contribution >= 4 is 46.4 Å². The van der Waals surface area contributed by atoms with Crippen LogP contribution in [0.2, 0.25) is 5.02 Å². The molecule has 0 spiro atoms. The molecule has 1 aliphatic rings. The van der Waals surface area contributed by atoms with Gasteiger partial charge in [-0.25, -0.2) is 4.79 Å². The van der Waals surface area contributed by atoms with Gasteiger partial charge in [-0.15, -0.1) is 0 Å². The van der Waals surface area contributed by atoms with Crippen LogP contribution >= 0.6 is 11.6 Å². The number of nitrogens with zero attached hydrogens (tertiary/aromatic N) is 3. The summed E-state index contributed by atoms with van der Waals surface area (Å²) in [5, 5.41) is 17.2. The molecule has 0 radical (unpaired) electrons. The van der Waals surface area contributed by atoms with Crippen molar-refractivity contribution in [3.05, 3.63) is 53.6 Å². The van der Waals surface area contributed by atoms with Gasteiger partial charge in [-0.1, -0.05) is 11.6 Å². The van der Waals surface area contributed by atoms with E-state index >= 15 is 0 Å². The van der Waals surface area contributed by atoms with Crippen molar-refractivity contribution in [1.82, 2.24) is 5.32 Å². The molecule has 2 aromatic rings. The summed E-state index contributed by atoms with van der Waals surface area (Å²) in [6.07, 6.45) is 3.55. The third-order valence-corrected chi connectivity index (χ3v) is 4.50. The number of amidine groups is 1. The summed E-state index contributed by atoms with van der Waals surface area (Å²) in [6, 6.07) is 13.4. The molecule has 3 amide bonds. The molecule has 0 atom stereocenters. The van der Waals surface area contributed by atoms with E-state index in [1.807, 2.05) is 23.2 Å². The number of hydrogen-bond acceptors (Lipinski definition) is 4. The monoisotopic (exact) mass is 410 g/mol. The molecule has 29 heavy (non-hydrogen) atoms. The summed E-state index contributed by atoms with van der Waals surface area (Å²) in [4.78, 5) is 29.7. The first-order chi connectivity index (χ1) is 14.0. The number of hydrogen-bond donors (Lipinski definition) is 3. The SMILES string of the molecule is N#CN=C1CCCN1c1ccc(NC(=O)CNC(=O)Nc2ccc(Cl)cc2)cc1. The number of aliphatic imine (C=N–C) groups is 1. The second-order valence-corrected chi connectivity index (χ2v) is 6.73. The first kappa shape index (κ1) is 20.2. The van der Waals surface area contributed by atoms with Gasteiger partial charge in [-0.05, 0) is 55.0 Å². The topological polar surface area (TPSA) is 110 Å². The number of urea groups is 1. The van der Waals surface area contributed by atoms with Gasteiger partial charge in [0.15, 0.2) is 0 Å². The quantitative estimate of drug-likeness (QED) is 0.654. The fourth-order valence-electron chi connectivity index (χ4n) is 2.91. The van der Waals surface area contributed by atoms with Gasteiger partial charge < -0.3 is 20.9 Å². The number of anilines is 3. The van der Waals surface area contributed by atoms with Crippen LogP contribution < -0.4 is 20.9 Å². The molecule has 1 heterocycles. The number of nitrogens with one attached hydrogen (secondary N) is 3. The maximum Gasteiger partial charge on any atom is 0.319 e. The maximum atomic E-state index is 12.1. The maximum absolute atomic E-state index is 12.1. The second kappa shape index (κ2) is 9.57. The zero-order chi connectivity index (χ0) is 20.6. The Morgan fingerprint density at radius 1 is 1.07 bits per heavy atom. The van der Waals surface area contributed by atoms with Crippen molar-refractivity contribution in [2.24, 2.45) is 4.99 Å². The average molecular weight is 411 g/mol. The molecule has 1 saturated heterocycles. The lowest BCUT2D eigenvalue weighted by molar-refractivity contribution is -0.115. The van der Waals surface area contributed by atoms with E-state index in [0.29, 0.717) is 16.4 Å². The Bertz CT molecular complexity index is 950. The molecule has 0 saturated carbocycles. The van der Waals surface area contributed by atoms with Crippen LogP contribution in [0.15, 0.2) is 53.5 Å². The number of carbonyl (C=O) groups is 2. The number of amides is 3. The molecule has 0 aliphatic carbocycles. The normalized spacial score (nSPS) is 14.3. The fourth-order valence-corrected chi connectivity index (χ4v) is 3.04. The predicted molar refractivity (Wildman–Crippen MR) is 113 cm³/mol. The Kier molecular flexibility index (Phi) is 6.66. The first-order valence-corrected chi connectivity index (χ1v) is 9.36. The van der Waals surface area contributed by atoms with Gasteiger partial charge in [0.1, 0.15) is 5.84 Å².